The summed E-state index contributed by atoms with van der Waals surface area (Å²) in [5.74, 6) is 1.16. The van der Waals surface area contributed by atoms with Gasteiger partial charge >= 0.3 is 0 Å². The fraction of sp³-hybridized carbons (Fsp3) is 0.538. The lowest BCUT2D eigenvalue weighted by Gasteiger charge is -2.32. The molecule has 1 aromatic rings. The summed E-state index contributed by atoms with van der Waals surface area (Å²) >= 11 is 0. The fourth-order valence-corrected chi connectivity index (χ4v) is 1.90. The van der Waals surface area contributed by atoms with Crippen LogP contribution in [0.4, 0.5) is 0 Å². The molecule has 0 heterocycles. The van der Waals surface area contributed by atoms with Crippen molar-refractivity contribution in [2.45, 2.75) is 18.8 Å². The Bertz CT molecular complexity index is 385. The molecule has 5 heteroatoms. The van der Waals surface area contributed by atoms with Crippen LogP contribution in [0.1, 0.15) is 12.5 Å². The number of methoxy groups -OCH3 is 4. The van der Waals surface area contributed by atoms with Gasteiger partial charge < -0.3 is 24.1 Å². The third kappa shape index (κ3) is 2.75. The second-order valence-electron chi connectivity index (χ2n) is 4.02. The van der Waals surface area contributed by atoms with Gasteiger partial charge in [-0.3, -0.25) is 0 Å². The molecule has 0 aliphatic carbocycles. The van der Waals surface area contributed by atoms with Gasteiger partial charge in [0.15, 0.2) is 6.29 Å². The number of benzene rings is 1. The Balaban J connectivity index is 3.22. The van der Waals surface area contributed by atoms with E-state index in [4.69, 9.17) is 18.9 Å². The zero-order chi connectivity index (χ0) is 13.8. The van der Waals surface area contributed by atoms with E-state index in [1.165, 1.54) is 21.3 Å². The van der Waals surface area contributed by atoms with Crippen molar-refractivity contribution in [3.05, 3.63) is 23.8 Å². The maximum absolute atomic E-state index is 10.6. The Morgan fingerprint density at radius 1 is 1.06 bits per heavy atom. The number of hydrogen-bond acceptors (Lipinski definition) is 5. The molecule has 0 aromatic heterocycles. The predicted molar refractivity (Wildman–Crippen MR) is 66.9 cm³/mol. The van der Waals surface area contributed by atoms with Crippen molar-refractivity contribution in [1.29, 1.82) is 0 Å². The molecule has 0 radical (unpaired) electrons. The molecule has 0 amide bonds. The highest BCUT2D eigenvalue weighted by atomic mass is 16.7. The van der Waals surface area contributed by atoms with Gasteiger partial charge in [0.05, 0.1) is 14.2 Å². The van der Waals surface area contributed by atoms with Crippen LogP contribution in [0.15, 0.2) is 18.2 Å². The van der Waals surface area contributed by atoms with E-state index in [9.17, 15) is 5.11 Å². The molecule has 102 valence electrons. The third-order valence-electron chi connectivity index (χ3n) is 2.84. The van der Waals surface area contributed by atoms with Gasteiger partial charge in [0.1, 0.15) is 17.1 Å². The molecule has 1 atom stereocenters. The first-order chi connectivity index (χ1) is 8.51. The summed E-state index contributed by atoms with van der Waals surface area (Å²) in [5.41, 5.74) is -0.763. The molecule has 0 saturated carbocycles. The molecule has 0 aliphatic heterocycles. The van der Waals surface area contributed by atoms with E-state index in [1.807, 2.05) is 0 Å². The molecule has 1 rings (SSSR count). The van der Waals surface area contributed by atoms with E-state index < -0.39 is 11.9 Å². The maximum Gasteiger partial charge on any atom is 0.189 e. The van der Waals surface area contributed by atoms with Crippen LogP contribution in [0.3, 0.4) is 0 Å². The number of hydrogen-bond donors (Lipinski definition) is 1. The molecule has 0 bridgehead atoms. The van der Waals surface area contributed by atoms with Crippen LogP contribution in [0.5, 0.6) is 11.5 Å². The highest BCUT2D eigenvalue weighted by Crippen LogP contribution is 2.36. The van der Waals surface area contributed by atoms with Crippen molar-refractivity contribution in [3.63, 3.8) is 0 Å². The Labute approximate surface area is 107 Å². The summed E-state index contributed by atoms with van der Waals surface area (Å²) in [6.45, 7) is 1.61. The monoisotopic (exact) mass is 256 g/mol. The van der Waals surface area contributed by atoms with E-state index in [1.54, 1.807) is 32.2 Å². The van der Waals surface area contributed by atoms with Crippen molar-refractivity contribution in [1.82, 2.24) is 0 Å². The average molecular weight is 256 g/mol. The van der Waals surface area contributed by atoms with Crippen LogP contribution in [0.2, 0.25) is 0 Å². The van der Waals surface area contributed by atoms with Gasteiger partial charge in [-0.1, -0.05) is 0 Å². The zero-order valence-electron chi connectivity index (χ0n) is 11.4. The lowest BCUT2D eigenvalue weighted by molar-refractivity contribution is -0.213. The molecule has 0 saturated heterocycles. The van der Waals surface area contributed by atoms with Crippen molar-refractivity contribution in [3.8, 4) is 11.5 Å². The number of aliphatic hydroxyl groups is 1. The van der Waals surface area contributed by atoms with Gasteiger partial charge in [-0.2, -0.15) is 0 Å². The second-order valence-corrected chi connectivity index (χ2v) is 4.02. The van der Waals surface area contributed by atoms with E-state index >= 15 is 0 Å². The predicted octanol–water partition coefficient (Wildman–Crippen LogP) is 1.53. The minimum Gasteiger partial charge on any atom is -0.497 e. The summed E-state index contributed by atoms with van der Waals surface area (Å²) in [5, 5.41) is 10.6. The zero-order valence-corrected chi connectivity index (χ0v) is 11.4. The Hall–Kier alpha value is -1.30. The molecule has 1 unspecified atom stereocenters. The maximum atomic E-state index is 10.6. The Morgan fingerprint density at radius 2 is 1.67 bits per heavy atom. The van der Waals surface area contributed by atoms with Gasteiger partial charge in [-0.25, -0.2) is 0 Å². The summed E-state index contributed by atoms with van der Waals surface area (Å²) < 4.78 is 20.6. The molecular weight excluding hydrogens is 236 g/mol. The highest BCUT2D eigenvalue weighted by molar-refractivity contribution is 5.44. The van der Waals surface area contributed by atoms with E-state index in [2.05, 4.69) is 0 Å². The lowest BCUT2D eigenvalue weighted by atomic mass is 9.94. The van der Waals surface area contributed by atoms with Crippen molar-refractivity contribution in [2.75, 3.05) is 28.4 Å². The molecule has 1 aromatic carbocycles. The summed E-state index contributed by atoms with van der Waals surface area (Å²) in [6, 6.07) is 5.17. The van der Waals surface area contributed by atoms with Crippen LogP contribution in [-0.4, -0.2) is 39.8 Å². The average Bonchev–Trinajstić information content (AvgIpc) is 2.38. The quantitative estimate of drug-likeness (QED) is 0.782. The number of ether oxygens (including phenoxy) is 4. The molecular formula is C13H20O5. The van der Waals surface area contributed by atoms with Gasteiger partial charge in [0, 0.05) is 25.8 Å². The topological polar surface area (TPSA) is 57.2 Å². The largest absolute Gasteiger partial charge is 0.497 e. The van der Waals surface area contributed by atoms with Crippen LogP contribution in [-0.2, 0) is 15.1 Å². The van der Waals surface area contributed by atoms with Gasteiger partial charge in [-0.15, -0.1) is 0 Å². The van der Waals surface area contributed by atoms with E-state index in [0.29, 0.717) is 17.1 Å². The Kier molecular flexibility index (Phi) is 4.95. The second kappa shape index (κ2) is 6.04. The minimum atomic E-state index is -1.33. The lowest BCUT2D eigenvalue weighted by Crippen LogP contribution is -2.39. The number of rotatable bonds is 6. The fourth-order valence-electron chi connectivity index (χ4n) is 1.90. The van der Waals surface area contributed by atoms with Gasteiger partial charge in [0.25, 0.3) is 0 Å². The molecule has 0 spiro atoms. The van der Waals surface area contributed by atoms with E-state index in [-0.39, 0.29) is 0 Å². The van der Waals surface area contributed by atoms with Crippen LogP contribution < -0.4 is 9.47 Å². The van der Waals surface area contributed by atoms with Crippen LogP contribution in [0, 0.1) is 0 Å². The SMILES string of the molecule is COc1ccc(C(C)(O)C(OC)OC)c(OC)c1. The molecule has 0 aliphatic rings. The van der Waals surface area contributed by atoms with Crippen molar-refractivity contribution >= 4 is 0 Å². The summed E-state index contributed by atoms with van der Waals surface area (Å²) in [7, 11) is 6.04. The van der Waals surface area contributed by atoms with Crippen LogP contribution >= 0.6 is 0 Å². The summed E-state index contributed by atoms with van der Waals surface area (Å²) in [6.07, 6.45) is -0.792. The highest BCUT2D eigenvalue weighted by Gasteiger charge is 2.37. The molecule has 18 heavy (non-hydrogen) atoms. The third-order valence-corrected chi connectivity index (χ3v) is 2.84. The van der Waals surface area contributed by atoms with Gasteiger partial charge in [0.2, 0.25) is 0 Å². The van der Waals surface area contributed by atoms with Crippen LogP contribution in [0.25, 0.3) is 0 Å². The minimum absolute atomic E-state index is 0.512. The van der Waals surface area contributed by atoms with Crippen molar-refractivity contribution in [2.24, 2.45) is 0 Å². The first kappa shape index (κ1) is 14.8. The Morgan fingerprint density at radius 3 is 2.11 bits per heavy atom. The molecule has 1 N–H and O–H groups in total. The standard InChI is InChI=1S/C13H20O5/c1-13(14,12(17-4)18-5)10-7-6-9(15-2)8-11(10)16-3/h6-8,12,14H,1-5H3. The van der Waals surface area contributed by atoms with E-state index in [0.717, 1.165) is 0 Å². The smallest absolute Gasteiger partial charge is 0.189 e. The van der Waals surface area contributed by atoms with Crippen molar-refractivity contribution < 1.29 is 24.1 Å². The summed E-state index contributed by atoms with van der Waals surface area (Å²) in [4.78, 5) is 0. The molecule has 5 nitrogen and oxygen atoms in total. The normalized spacial score (nSPS) is 14.4. The van der Waals surface area contributed by atoms with Gasteiger partial charge in [-0.05, 0) is 19.1 Å². The molecule has 0 fully saturated rings. The first-order valence-electron chi connectivity index (χ1n) is 5.51. The first-order valence-corrected chi connectivity index (χ1v) is 5.51.